The Morgan fingerprint density at radius 2 is 1.91 bits per heavy atom. The molecule has 0 saturated carbocycles. The van der Waals surface area contributed by atoms with Crippen molar-refractivity contribution in [3.8, 4) is 0 Å². The Balaban J connectivity index is 1.87. The van der Waals surface area contributed by atoms with Crippen molar-refractivity contribution in [3.05, 3.63) is 28.8 Å². The lowest BCUT2D eigenvalue weighted by Crippen LogP contribution is -2.48. The van der Waals surface area contributed by atoms with Crippen molar-refractivity contribution in [2.45, 2.75) is 6.92 Å². The molecule has 8 heteroatoms. The summed E-state index contributed by atoms with van der Waals surface area (Å²) in [5.41, 5.74) is 2.27. The highest BCUT2D eigenvalue weighted by Crippen LogP contribution is 2.25. The van der Waals surface area contributed by atoms with Crippen molar-refractivity contribution in [2.24, 2.45) is 0 Å². The van der Waals surface area contributed by atoms with E-state index in [1.54, 1.807) is 0 Å². The summed E-state index contributed by atoms with van der Waals surface area (Å²) in [4.78, 5) is 14.8. The monoisotopic (exact) mass is 360 g/mol. The zero-order valence-corrected chi connectivity index (χ0v) is 14.6. The Morgan fingerprint density at radius 1 is 1.26 bits per heavy atom. The molecule has 0 spiro atoms. The second-order valence-corrected chi connectivity index (χ2v) is 8.37. The van der Waals surface area contributed by atoms with Crippen LogP contribution in [0.2, 0.25) is 5.02 Å². The Labute approximate surface area is 141 Å². The van der Waals surface area contributed by atoms with E-state index in [0.717, 1.165) is 37.4 Å². The molecule has 1 aromatic carbocycles. The summed E-state index contributed by atoms with van der Waals surface area (Å²) in [5, 5.41) is 9.29. The molecule has 1 fully saturated rings. The number of halogens is 1. The molecule has 1 aliphatic heterocycles. The van der Waals surface area contributed by atoms with E-state index in [-0.39, 0.29) is 5.75 Å². The predicted octanol–water partition coefficient (Wildman–Crippen LogP) is 1.27. The quantitative estimate of drug-likeness (QED) is 0.823. The number of piperazine rings is 1. The summed E-state index contributed by atoms with van der Waals surface area (Å²) in [7, 11) is -3.53. The maximum Gasteiger partial charge on any atom is 0.318 e. The van der Waals surface area contributed by atoms with E-state index >= 15 is 0 Å². The average Bonchev–Trinajstić information content (AvgIpc) is 2.47. The van der Waals surface area contributed by atoms with Crippen molar-refractivity contribution >= 4 is 33.1 Å². The van der Waals surface area contributed by atoms with Gasteiger partial charge < -0.3 is 10.0 Å². The van der Waals surface area contributed by atoms with Crippen LogP contribution in [0.4, 0.5) is 5.69 Å². The molecule has 0 unspecified atom stereocenters. The minimum atomic E-state index is -3.53. The van der Waals surface area contributed by atoms with E-state index in [4.69, 9.17) is 16.7 Å². The Bertz CT molecular complexity index is 670. The van der Waals surface area contributed by atoms with E-state index in [9.17, 15) is 13.2 Å². The summed E-state index contributed by atoms with van der Waals surface area (Å²) >= 11 is 6.05. The van der Waals surface area contributed by atoms with E-state index in [1.807, 2.05) is 25.1 Å². The highest BCUT2D eigenvalue weighted by atomic mass is 35.5. The average molecular weight is 361 g/mol. The zero-order chi connectivity index (χ0) is 17.0. The van der Waals surface area contributed by atoms with Gasteiger partial charge in [0.1, 0.15) is 5.75 Å². The summed E-state index contributed by atoms with van der Waals surface area (Å²) < 4.78 is 23.2. The molecule has 0 radical (unpaired) electrons. The third-order valence-corrected chi connectivity index (χ3v) is 5.67. The van der Waals surface area contributed by atoms with Crippen LogP contribution in [-0.4, -0.2) is 68.6 Å². The van der Waals surface area contributed by atoms with Gasteiger partial charge >= 0.3 is 5.97 Å². The topological polar surface area (TPSA) is 77.9 Å². The number of aryl methyl sites for hydroxylation is 1. The second-order valence-electron chi connectivity index (χ2n) is 5.75. The largest absolute Gasteiger partial charge is 0.480 e. The number of carbonyl (C=O) groups is 1. The molecule has 1 heterocycles. The van der Waals surface area contributed by atoms with Gasteiger partial charge in [0.15, 0.2) is 9.84 Å². The summed E-state index contributed by atoms with van der Waals surface area (Å²) in [6.45, 7) is 5.48. The van der Waals surface area contributed by atoms with Gasteiger partial charge in [-0.2, -0.15) is 0 Å². The molecule has 0 atom stereocenters. The first-order chi connectivity index (χ1) is 10.8. The third-order valence-electron chi connectivity index (χ3n) is 3.95. The van der Waals surface area contributed by atoms with Crippen LogP contribution in [0.5, 0.6) is 0 Å². The molecule has 1 aliphatic rings. The molecule has 1 saturated heterocycles. The SMILES string of the molecule is Cc1ccc(Cl)cc1N1CCN(CCS(=O)(=O)CC(=O)O)CC1. The van der Waals surface area contributed by atoms with Crippen LogP contribution in [0.25, 0.3) is 0 Å². The number of anilines is 1. The van der Waals surface area contributed by atoms with Gasteiger partial charge in [-0.1, -0.05) is 17.7 Å². The third kappa shape index (κ3) is 5.37. The number of rotatable bonds is 6. The van der Waals surface area contributed by atoms with Gasteiger partial charge in [-0.3, -0.25) is 9.69 Å². The van der Waals surface area contributed by atoms with Gasteiger partial charge in [0, 0.05) is 43.4 Å². The molecular formula is C15H21ClN2O4S. The van der Waals surface area contributed by atoms with Gasteiger partial charge in [0.25, 0.3) is 0 Å². The molecule has 0 aromatic heterocycles. The van der Waals surface area contributed by atoms with Gasteiger partial charge in [0.2, 0.25) is 0 Å². The summed E-state index contributed by atoms with van der Waals surface area (Å²) in [5.74, 6) is -2.21. The molecule has 1 N–H and O–H groups in total. The van der Waals surface area contributed by atoms with Gasteiger partial charge in [-0.25, -0.2) is 8.42 Å². The molecule has 6 nitrogen and oxygen atoms in total. The van der Waals surface area contributed by atoms with E-state index in [1.165, 1.54) is 0 Å². The number of carboxylic acids is 1. The lowest BCUT2D eigenvalue weighted by atomic mass is 10.1. The molecular weight excluding hydrogens is 340 g/mol. The molecule has 2 rings (SSSR count). The first-order valence-corrected chi connectivity index (χ1v) is 9.62. The second kappa shape index (κ2) is 7.51. The van der Waals surface area contributed by atoms with Crippen LogP contribution in [0, 0.1) is 6.92 Å². The maximum absolute atomic E-state index is 11.6. The number of hydrogen-bond acceptors (Lipinski definition) is 5. The molecule has 0 aliphatic carbocycles. The van der Waals surface area contributed by atoms with Crippen molar-refractivity contribution in [1.29, 1.82) is 0 Å². The summed E-state index contributed by atoms with van der Waals surface area (Å²) in [6, 6.07) is 5.80. The van der Waals surface area contributed by atoms with Crippen LogP contribution >= 0.6 is 11.6 Å². The number of aliphatic carboxylic acids is 1. The van der Waals surface area contributed by atoms with E-state index < -0.39 is 21.6 Å². The fourth-order valence-corrected chi connectivity index (χ4v) is 3.89. The zero-order valence-electron chi connectivity index (χ0n) is 13.0. The van der Waals surface area contributed by atoms with Gasteiger partial charge in [-0.15, -0.1) is 0 Å². The fourth-order valence-electron chi connectivity index (χ4n) is 2.66. The number of nitrogens with zero attached hydrogens (tertiary/aromatic N) is 2. The van der Waals surface area contributed by atoms with Crippen molar-refractivity contribution < 1.29 is 18.3 Å². The van der Waals surface area contributed by atoms with E-state index in [2.05, 4.69) is 9.80 Å². The summed E-state index contributed by atoms with van der Waals surface area (Å²) in [6.07, 6.45) is 0. The Morgan fingerprint density at radius 3 is 2.52 bits per heavy atom. The van der Waals surface area contributed by atoms with Crippen LogP contribution in [0.15, 0.2) is 18.2 Å². The van der Waals surface area contributed by atoms with Crippen molar-refractivity contribution in [3.63, 3.8) is 0 Å². The minimum absolute atomic E-state index is 0.116. The van der Waals surface area contributed by atoms with Crippen molar-refractivity contribution in [1.82, 2.24) is 4.90 Å². The number of hydrogen-bond donors (Lipinski definition) is 1. The predicted molar refractivity (Wildman–Crippen MR) is 91.1 cm³/mol. The lowest BCUT2D eigenvalue weighted by Gasteiger charge is -2.36. The highest BCUT2D eigenvalue weighted by Gasteiger charge is 2.21. The molecule has 23 heavy (non-hydrogen) atoms. The maximum atomic E-state index is 11.6. The van der Waals surface area contributed by atoms with Crippen LogP contribution < -0.4 is 4.90 Å². The molecule has 128 valence electrons. The van der Waals surface area contributed by atoms with Crippen LogP contribution in [0.1, 0.15) is 5.56 Å². The molecule has 0 amide bonds. The highest BCUT2D eigenvalue weighted by molar-refractivity contribution is 7.92. The number of benzene rings is 1. The van der Waals surface area contributed by atoms with Crippen LogP contribution in [0.3, 0.4) is 0 Å². The Kier molecular flexibility index (Phi) is 5.89. The smallest absolute Gasteiger partial charge is 0.318 e. The minimum Gasteiger partial charge on any atom is -0.480 e. The molecule has 1 aromatic rings. The van der Waals surface area contributed by atoms with Gasteiger partial charge in [-0.05, 0) is 24.6 Å². The normalized spacial score (nSPS) is 16.5. The standard InChI is InChI=1S/C15H21ClN2O4S/c1-12-2-3-13(16)10-14(12)18-6-4-17(5-7-18)8-9-23(21,22)11-15(19)20/h2-3,10H,4-9,11H2,1H3,(H,19,20). The van der Waals surface area contributed by atoms with Crippen molar-refractivity contribution in [2.75, 3.05) is 49.1 Å². The Hall–Kier alpha value is -1.31. The number of sulfone groups is 1. The molecule has 0 bridgehead atoms. The van der Waals surface area contributed by atoms with Gasteiger partial charge in [0.05, 0.1) is 5.75 Å². The van der Waals surface area contributed by atoms with E-state index in [0.29, 0.717) is 11.6 Å². The first kappa shape index (κ1) is 18.0. The lowest BCUT2D eigenvalue weighted by molar-refractivity contribution is -0.134. The fraction of sp³-hybridized carbons (Fsp3) is 0.533. The number of carboxylic acid groups (broad SMARTS) is 1. The first-order valence-electron chi connectivity index (χ1n) is 7.42. The van der Waals surface area contributed by atoms with Crippen LogP contribution in [-0.2, 0) is 14.6 Å².